The monoisotopic (exact) mass is 230 g/mol. The predicted octanol–water partition coefficient (Wildman–Crippen LogP) is 3.19. The summed E-state index contributed by atoms with van der Waals surface area (Å²) in [5.74, 6) is 0.311. The third-order valence-corrected chi connectivity index (χ3v) is 2.49. The summed E-state index contributed by atoms with van der Waals surface area (Å²) in [5.41, 5.74) is 3.31. The number of aliphatic carboxylic acids is 1. The lowest BCUT2D eigenvalue weighted by Crippen LogP contribution is -1.97. The molecule has 0 radical (unpaired) electrons. The van der Waals surface area contributed by atoms with Crippen LogP contribution in [0.5, 0.6) is 0 Å². The second-order valence-electron chi connectivity index (χ2n) is 4.21. The highest BCUT2D eigenvalue weighted by Crippen LogP contribution is 2.24. The number of hydrogen-bond donors (Lipinski definition) is 1. The number of rotatable bonds is 3. The van der Waals surface area contributed by atoms with Crippen molar-refractivity contribution in [2.75, 3.05) is 0 Å². The number of carbonyl (C=O) groups is 1. The Morgan fingerprint density at radius 1 is 1.18 bits per heavy atom. The molecule has 0 saturated carbocycles. The largest absolute Gasteiger partial charge is 0.481 e. The second kappa shape index (κ2) is 4.45. The van der Waals surface area contributed by atoms with Crippen LogP contribution in [-0.4, -0.2) is 11.1 Å². The van der Waals surface area contributed by atoms with Crippen LogP contribution in [0.1, 0.15) is 16.9 Å². The van der Waals surface area contributed by atoms with Gasteiger partial charge in [-0.15, -0.1) is 0 Å². The first-order chi connectivity index (χ1) is 8.04. The molecule has 0 unspecified atom stereocenters. The van der Waals surface area contributed by atoms with E-state index in [2.05, 4.69) is 6.07 Å². The van der Waals surface area contributed by atoms with E-state index in [1.165, 1.54) is 0 Å². The van der Waals surface area contributed by atoms with Gasteiger partial charge in [-0.2, -0.15) is 0 Å². The van der Waals surface area contributed by atoms with Crippen LogP contribution in [0.3, 0.4) is 0 Å². The quantitative estimate of drug-likeness (QED) is 0.880. The number of carboxylic acid groups (broad SMARTS) is 1. The highest BCUT2D eigenvalue weighted by Gasteiger charge is 2.08. The number of hydrogen-bond acceptors (Lipinski definition) is 2. The smallest absolute Gasteiger partial charge is 0.311 e. The topological polar surface area (TPSA) is 50.4 Å². The Morgan fingerprint density at radius 2 is 1.82 bits per heavy atom. The summed E-state index contributed by atoms with van der Waals surface area (Å²) in [6, 6.07) is 9.66. The van der Waals surface area contributed by atoms with E-state index in [1.807, 2.05) is 32.0 Å². The average Bonchev–Trinajstić information content (AvgIpc) is 2.63. The van der Waals surface area contributed by atoms with Gasteiger partial charge in [0, 0.05) is 5.56 Å². The van der Waals surface area contributed by atoms with Crippen molar-refractivity contribution in [2.45, 2.75) is 20.3 Å². The SMILES string of the molecule is Cc1cc(C)cc(-c2ccc(CC(=O)O)o2)c1. The summed E-state index contributed by atoms with van der Waals surface area (Å²) in [6.45, 7) is 4.05. The fourth-order valence-electron chi connectivity index (χ4n) is 1.89. The van der Waals surface area contributed by atoms with Crippen LogP contribution in [0.15, 0.2) is 34.7 Å². The molecule has 0 spiro atoms. The van der Waals surface area contributed by atoms with Crippen molar-refractivity contribution in [2.24, 2.45) is 0 Å². The Balaban J connectivity index is 2.33. The molecule has 0 aliphatic rings. The Morgan fingerprint density at radius 3 is 2.41 bits per heavy atom. The summed E-state index contributed by atoms with van der Waals surface area (Å²) >= 11 is 0. The van der Waals surface area contributed by atoms with Gasteiger partial charge in [0.05, 0.1) is 0 Å². The van der Waals surface area contributed by atoms with Gasteiger partial charge in [0.25, 0.3) is 0 Å². The van der Waals surface area contributed by atoms with Crippen molar-refractivity contribution in [3.63, 3.8) is 0 Å². The van der Waals surface area contributed by atoms with E-state index in [0.717, 1.165) is 16.7 Å². The van der Waals surface area contributed by atoms with Crippen molar-refractivity contribution < 1.29 is 14.3 Å². The summed E-state index contributed by atoms with van der Waals surface area (Å²) < 4.78 is 5.51. The van der Waals surface area contributed by atoms with Crippen LogP contribution in [-0.2, 0) is 11.2 Å². The molecule has 0 aliphatic carbocycles. The second-order valence-corrected chi connectivity index (χ2v) is 4.21. The molecule has 88 valence electrons. The highest BCUT2D eigenvalue weighted by molar-refractivity contribution is 5.70. The minimum atomic E-state index is -0.883. The average molecular weight is 230 g/mol. The molecule has 1 heterocycles. The van der Waals surface area contributed by atoms with E-state index >= 15 is 0 Å². The minimum Gasteiger partial charge on any atom is -0.481 e. The molecule has 2 rings (SSSR count). The number of aryl methyl sites for hydroxylation is 2. The molecule has 2 aromatic rings. The summed E-state index contributed by atoms with van der Waals surface area (Å²) in [6.07, 6.45) is -0.0786. The summed E-state index contributed by atoms with van der Waals surface area (Å²) in [7, 11) is 0. The molecule has 17 heavy (non-hydrogen) atoms. The molecule has 0 atom stereocenters. The molecule has 3 nitrogen and oxygen atoms in total. The van der Waals surface area contributed by atoms with Gasteiger partial charge in [-0.1, -0.05) is 17.2 Å². The molecule has 1 aromatic carbocycles. The van der Waals surface area contributed by atoms with Gasteiger partial charge in [-0.3, -0.25) is 4.79 Å². The van der Waals surface area contributed by atoms with Gasteiger partial charge in [0.2, 0.25) is 0 Å². The van der Waals surface area contributed by atoms with Gasteiger partial charge >= 0.3 is 5.97 Å². The lowest BCUT2D eigenvalue weighted by molar-refractivity contribution is -0.136. The Kier molecular flexibility index (Phi) is 3.00. The number of benzene rings is 1. The van der Waals surface area contributed by atoms with E-state index < -0.39 is 5.97 Å². The van der Waals surface area contributed by atoms with E-state index in [4.69, 9.17) is 9.52 Å². The number of carboxylic acids is 1. The van der Waals surface area contributed by atoms with Crippen molar-refractivity contribution in [3.8, 4) is 11.3 Å². The third kappa shape index (κ3) is 2.75. The molecule has 1 N–H and O–H groups in total. The Hall–Kier alpha value is -2.03. The van der Waals surface area contributed by atoms with Crippen LogP contribution in [0.2, 0.25) is 0 Å². The fourth-order valence-corrected chi connectivity index (χ4v) is 1.89. The van der Waals surface area contributed by atoms with Crippen molar-refractivity contribution in [3.05, 3.63) is 47.2 Å². The fraction of sp³-hybridized carbons (Fsp3) is 0.214. The zero-order valence-electron chi connectivity index (χ0n) is 9.86. The molecule has 1 aromatic heterocycles. The summed E-state index contributed by atoms with van der Waals surface area (Å²) in [5, 5.41) is 8.67. The van der Waals surface area contributed by atoms with Gasteiger partial charge in [0.15, 0.2) is 0 Å². The Bertz CT molecular complexity index is 532. The maximum absolute atomic E-state index is 10.6. The Labute approximate surface area is 99.7 Å². The van der Waals surface area contributed by atoms with Crippen LogP contribution in [0, 0.1) is 13.8 Å². The van der Waals surface area contributed by atoms with E-state index in [9.17, 15) is 4.79 Å². The standard InChI is InChI=1S/C14H14O3/c1-9-5-10(2)7-11(6-9)13-4-3-12(17-13)8-14(15)16/h3-7H,8H2,1-2H3,(H,15,16). The minimum absolute atomic E-state index is 0.0786. The maximum atomic E-state index is 10.6. The molecule has 0 saturated heterocycles. The van der Waals surface area contributed by atoms with Crippen LogP contribution < -0.4 is 0 Å². The third-order valence-electron chi connectivity index (χ3n) is 2.49. The first-order valence-electron chi connectivity index (χ1n) is 5.44. The van der Waals surface area contributed by atoms with Crippen molar-refractivity contribution in [1.29, 1.82) is 0 Å². The molecule has 3 heteroatoms. The van der Waals surface area contributed by atoms with E-state index in [0.29, 0.717) is 11.5 Å². The first-order valence-corrected chi connectivity index (χ1v) is 5.44. The molecule has 0 amide bonds. The maximum Gasteiger partial charge on any atom is 0.311 e. The van der Waals surface area contributed by atoms with Crippen molar-refractivity contribution in [1.82, 2.24) is 0 Å². The van der Waals surface area contributed by atoms with Crippen molar-refractivity contribution >= 4 is 5.97 Å². The molecule has 0 fully saturated rings. The van der Waals surface area contributed by atoms with E-state index in [1.54, 1.807) is 6.07 Å². The van der Waals surface area contributed by atoms with Crippen LogP contribution >= 0.6 is 0 Å². The highest BCUT2D eigenvalue weighted by atomic mass is 16.4. The van der Waals surface area contributed by atoms with Crippen LogP contribution in [0.4, 0.5) is 0 Å². The zero-order chi connectivity index (χ0) is 12.4. The molecule has 0 aliphatic heterocycles. The molecular formula is C14H14O3. The van der Waals surface area contributed by atoms with Gasteiger partial charge in [0.1, 0.15) is 17.9 Å². The lowest BCUT2D eigenvalue weighted by atomic mass is 10.1. The lowest BCUT2D eigenvalue weighted by Gasteiger charge is -2.01. The number of furan rings is 1. The predicted molar refractivity (Wildman–Crippen MR) is 65.0 cm³/mol. The first kappa shape index (κ1) is 11.5. The summed E-state index contributed by atoms with van der Waals surface area (Å²) in [4.78, 5) is 10.6. The molecular weight excluding hydrogens is 216 g/mol. The van der Waals surface area contributed by atoms with Gasteiger partial charge < -0.3 is 9.52 Å². The van der Waals surface area contributed by atoms with Gasteiger partial charge in [-0.05, 0) is 38.1 Å². The van der Waals surface area contributed by atoms with Gasteiger partial charge in [-0.25, -0.2) is 0 Å². The zero-order valence-corrected chi connectivity index (χ0v) is 9.86. The van der Waals surface area contributed by atoms with Crippen LogP contribution in [0.25, 0.3) is 11.3 Å². The van der Waals surface area contributed by atoms with E-state index in [-0.39, 0.29) is 6.42 Å². The molecule has 0 bridgehead atoms. The normalized spacial score (nSPS) is 10.5.